The first-order chi connectivity index (χ1) is 17.0. The van der Waals surface area contributed by atoms with E-state index >= 15 is 0 Å². The first-order valence-corrected chi connectivity index (χ1v) is 13.0. The number of hydrogen-bond acceptors (Lipinski definition) is 5. The zero-order chi connectivity index (χ0) is 24.2. The Balaban J connectivity index is 1.12. The van der Waals surface area contributed by atoms with Crippen molar-refractivity contribution in [3.8, 4) is 5.75 Å². The molecule has 0 saturated carbocycles. The van der Waals surface area contributed by atoms with Crippen LogP contribution in [0.1, 0.15) is 66.8 Å². The minimum atomic E-state index is -0.769. The smallest absolute Gasteiger partial charge is 0.303 e. The number of hydrogen-bond donors (Lipinski definition) is 2. The minimum absolute atomic E-state index is 0.0297. The van der Waals surface area contributed by atoms with Crippen molar-refractivity contribution in [2.24, 2.45) is 5.92 Å². The van der Waals surface area contributed by atoms with E-state index in [1.807, 2.05) is 11.0 Å². The van der Waals surface area contributed by atoms with Crippen molar-refractivity contribution in [3.63, 3.8) is 0 Å². The molecule has 3 aliphatic heterocycles. The molecule has 3 aliphatic rings. The Morgan fingerprint density at radius 3 is 2.80 bits per heavy atom. The Bertz CT molecular complexity index is 1080. The van der Waals surface area contributed by atoms with Crippen molar-refractivity contribution in [3.05, 3.63) is 52.7 Å². The standard InChI is InChI=1S/C28H35N3O4/c32-26(8-7-24-6-5-21-2-1-12-29-28(21)30-24)31-13-9-19(10-14-31)16-23(18-27(33)34)22-4-3-20-11-15-35-25(20)17-22/h3-6,17,19,23H,1-2,7-16,18H2,(H,29,30)(H,33,34). The van der Waals surface area contributed by atoms with Gasteiger partial charge in [-0.1, -0.05) is 18.2 Å². The number of anilines is 1. The zero-order valence-corrected chi connectivity index (χ0v) is 20.3. The van der Waals surface area contributed by atoms with E-state index < -0.39 is 5.97 Å². The van der Waals surface area contributed by atoms with Crippen molar-refractivity contribution >= 4 is 17.7 Å². The van der Waals surface area contributed by atoms with E-state index in [1.54, 1.807) is 0 Å². The molecule has 0 aliphatic carbocycles. The van der Waals surface area contributed by atoms with Crippen LogP contribution in [-0.4, -0.2) is 53.1 Å². The second-order valence-corrected chi connectivity index (χ2v) is 10.2. The molecule has 186 valence electrons. The van der Waals surface area contributed by atoms with Gasteiger partial charge in [-0.3, -0.25) is 9.59 Å². The Labute approximate surface area is 206 Å². The van der Waals surface area contributed by atoms with Gasteiger partial charge in [-0.2, -0.15) is 0 Å². The number of aliphatic carboxylic acids is 1. The molecule has 1 saturated heterocycles. The molecule has 1 aromatic heterocycles. The van der Waals surface area contributed by atoms with Crippen LogP contribution in [0.5, 0.6) is 5.75 Å². The average Bonchev–Trinajstić information content (AvgIpc) is 3.35. The van der Waals surface area contributed by atoms with Crippen molar-refractivity contribution < 1.29 is 19.4 Å². The number of nitrogens with zero attached hydrogens (tertiary/aromatic N) is 2. The van der Waals surface area contributed by atoms with Gasteiger partial charge < -0.3 is 20.1 Å². The van der Waals surface area contributed by atoms with Crippen LogP contribution in [-0.2, 0) is 28.9 Å². The number of benzene rings is 1. The fourth-order valence-corrected chi connectivity index (χ4v) is 5.71. The van der Waals surface area contributed by atoms with Gasteiger partial charge in [0, 0.05) is 38.2 Å². The van der Waals surface area contributed by atoms with Crippen molar-refractivity contribution in [2.45, 2.75) is 63.7 Å². The lowest BCUT2D eigenvalue weighted by Crippen LogP contribution is -2.39. The molecular weight excluding hydrogens is 442 g/mol. The first kappa shape index (κ1) is 23.6. The molecule has 1 atom stereocenters. The summed E-state index contributed by atoms with van der Waals surface area (Å²) in [6.45, 7) is 3.16. The van der Waals surface area contributed by atoms with Gasteiger partial charge in [-0.05, 0) is 79.2 Å². The number of piperidine rings is 1. The third-order valence-electron chi connectivity index (χ3n) is 7.74. The van der Waals surface area contributed by atoms with Gasteiger partial charge in [0.2, 0.25) is 5.91 Å². The number of amides is 1. The van der Waals surface area contributed by atoms with E-state index in [-0.39, 0.29) is 18.2 Å². The molecule has 1 amide bonds. The van der Waals surface area contributed by atoms with Crippen LogP contribution in [0.25, 0.3) is 0 Å². The third-order valence-corrected chi connectivity index (χ3v) is 7.74. The predicted octanol–water partition coefficient (Wildman–Crippen LogP) is 4.19. The van der Waals surface area contributed by atoms with Crippen LogP contribution < -0.4 is 10.1 Å². The highest BCUT2D eigenvalue weighted by molar-refractivity contribution is 5.76. The highest BCUT2D eigenvalue weighted by atomic mass is 16.5. The highest BCUT2D eigenvalue weighted by Crippen LogP contribution is 2.36. The first-order valence-electron chi connectivity index (χ1n) is 13.0. The molecule has 2 aromatic rings. The van der Waals surface area contributed by atoms with Gasteiger partial charge in [0.25, 0.3) is 0 Å². The fourth-order valence-electron chi connectivity index (χ4n) is 5.71. The van der Waals surface area contributed by atoms with E-state index in [4.69, 9.17) is 9.72 Å². The fraction of sp³-hybridized carbons (Fsp3) is 0.536. The second kappa shape index (κ2) is 10.7. The van der Waals surface area contributed by atoms with E-state index in [1.165, 1.54) is 11.1 Å². The van der Waals surface area contributed by atoms with Crippen LogP contribution in [0.2, 0.25) is 0 Å². The summed E-state index contributed by atoms with van der Waals surface area (Å²) in [4.78, 5) is 31.1. The van der Waals surface area contributed by atoms with Crippen molar-refractivity contribution in [2.75, 3.05) is 31.6 Å². The normalized spacial score (nSPS) is 18.2. The molecule has 7 heteroatoms. The summed E-state index contributed by atoms with van der Waals surface area (Å²) >= 11 is 0. The number of aromatic nitrogens is 1. The number of carbonyl (C=O) groups is 2. The maximum Gasteiger partial charge on any atom is 0.303 e. The van der Waals surface area contributed by atoms with Crippen LogP contribution >= 0.6 is 0 Å². The topological polar surface area (TPSA) is 91.8 Å². The van der Waals surface area contributed by atoms with Gasteiger partial charge in [0.05, 0.1) is 13.0 Å². The number of rotatable bonds is 8. The van der Waals surface area contributed by atoms with Crippen LogP contribution in [0, 0.1) is 5.92 Å². The third kappa shape index (κ3) is 5.77. The lowest BCUT2D eigenvalue weighted by molar-refractivity contribution is -0.137. The number of carboxylic acids is 1. The van der Waals surface area contributed by atoms with Crippen molar-refractivity contribution in [1.29, 1.82) is 0 Å². The number of carboxylic acid groups (broad SMARTS) is 1. The summed E-state index contributed by atoms with van der Waals surface area (Å²) in [5.41, 5.74) is 4.49. The molecule has 0 radical (unpaired) electrons. The Morgan fingerprint density at radius 1 is 1.14 bits per heavy atom. The molecule has 2 N–H and O–H groups in total. The molecular formula is C28H35N3O4. The summed E-state index contributed by atoms with van der Waals surface area (Å²) in [7, 11) is 0. The maximum absolute atomic E-state index is 12.9. The molecule has 7 nitrogen and oxygen atoms in total. The largest absolute Gasteiger partial charge is 0.493 e. The van der Waals surface area contributed by atoms with E-state index in [2.05, 4.69) is 29.6 Å². The summed E-state index contributed by atoms with van der Waals surface area (Å²) in [6.07, 6.45) is 7.07. The van der Waals surface area contributed by atoms with Gasteiger partial charge in [-0.25, -0.2) is 4.98 Å². The zero-order valence-electron chi connectivity index (χ0n) is 20.3. The molecule has 1 aromatic carbocycles. The van der Waals surface area contributed by atoms with Crippen LogP contribution in [0.15, 0.2) is 30.3 Å². The molecule has 0 spiro atoms. The molecule has 1 unspecified atom stereocenters. The molecule has 1 fully saturated rings. The minimum Gasteiger partial charge on any atom is -0.493 e. The highest BCUT2D eigenvalue weighted by Gasteiger charge is 2.27. The monoisotopic (exact) mass is 477 g/mol. The van der Waals surface area contributed by atoms with Crippen LogP contribution in [0.4, 0.5) is 5.82 Å². The Morgan fingerprint density at radius 2 is 1.97 bits per heavy atom. The molecule has 4 heterocycles. The molecule has 0 bridgehead atoms. The van der Waals surface area contributed by atoms with Gasteiger partial charge in [-0.15, -0.1) is 0 Å². The molecule has 5 rings (SSSR count). The van der Waals surface area contributed by atoms with Gasteiger partial charge in [0.1, 0.15) is 11.6 Å². The summed E-state index contributed by atoms with van der Waals surface area (Å²) < 4.78 is 5.71. The quantitative estimate of drug-likeness (QED) is 0.592. The second-order valence-electron chi connectivity index (χ2n) is 10.2. The molecule has 35 heavy (non-hydrogen) atoms. The number of nitrogens with one attached hydrogen (secondary N) is 1. The number of likely N-dealkylation sites (tertiary alicyclic amines) is 1. The number of carbonyl (C=O) groups excluding carboxylic acids is 1. The van der Waals surface area contributed by atoms with E-state index in [0.717, 1.165) is 81.0 Å². The van der Waals surface area contributed by atoms with Crippen LogP contribution in [0.3, 0.4) is 0 Å². The van der Waals surface area contributed by atoms with Gasteiger partial charge >= 0.3 is 5.97 Å². The number of fused-ring (bicyclic) bond motifs is 2. The van der Waals surface area contributed by atoms with E-state index in [9.17, 15) is 14.7 Å². The van der Waals surface area contributed by atoms with Gasteiger partial charge in [0.15, 0.2) is 0 Å². The van der Waals surface area contributed by atoms with E-state index in [0.29, 0.717) is 25.4 Å². The Hall–Kier alpha value is -3.09. The summed E-state index contributed by atoms with van der Waals surface area (Å²) in [5.74, 6) is 1.70. The SMILES string of the molecule is O=C(O)CC(CC1CCN(C(=O)CCc2ccc3c(n2)NCCC3)CC1)c1ccc2c(c1)OCC2. The summed E-state index contributed by atoms with van der Waals surface area (Å²) in [5, 5.41) is 12.9. The average molecular weight is 478 g/mol. The number of pyridine rings is 1. The number of aryl methyl sites for hydroxylation is 2. The summed E-state index contributed by atoms with van der Waals surface area (Å²) in [6, 6.07) is 10.4. The maximum atomic E-state index is 12.9. The lowest BCUT2D eigenvalue weighted by Gasteiger charge is -2.33. The van der Waals surface area contributed by atoms with Crippen molar-refractivity contribution in [1.82, 2.24) is 9.88 Å². The number of ether oxygens (including phenoxy) is 1. The lowest BCUT2D eigenvalue weighted by atomic mass is 9.82. The predicted molar refractivity (Wildman–Crippen MR) is 134 cm³/mol. The Kier molecular flexibility index (Phi) is 7.21.